The predicted molar refractivity (Wildman–Crippen MR) is 190 cm³/mol. The third kappa shape index (κ3) is 13.8. The number of hydrogen-bond donors (Lipinski definition) is 0. The van der Waals surface area contributed by atoms with Gasteiger partial charge in [0.25, 0.3) is 0 Å². The van der Waals surface area contributed by atoms with E-state index in [1.807, 2.05) is 12.1 Å². The molecule has 3 nitrogen and oxygen atoms in total. The molecule has 0 N–H and O–H groups in total. The number of hydrogen-bond acceptors (Lipinski definition) is 3. The Balaban J connectivity index is 0. The standard InChI is InChI=1S/C39H54ClN3.3ClH.V/c1-9-15-29-21-31(17-11-3)38(32(22-29)18-12-4)41-27(7)36-25-35(40)26-37(43-36)28(8)42-39-33(19-13-5)23-30(16-10-2)24-34(39)20-14-6;;;;/h21-26H,9-20H2,1-8H3;3*1H;/p-3. The van der Waals surface area contributed by atoms with E-state index in [-0.39, 0.29) is 55.8 Å². The van der Waals surface area contributed by atoms with Gasteiger partial charge in [0.2, 0.25) is 0 Å². The van der Waals surface area contributed by atoms with Crippen LogP contribution in [0.5, 0.6) is 0 Å². The minimum Gasteiger partial charge on any atom is -1.00 e. The first-order valence-corrected chi connectivity index (χ1v) is 17.2. The van der Waals surface area contributed by atoms with Crippen LogP contribution in [0.4, 0.5) is 11.4 Å². The maximum Gasteiger partial charge on any atom is 0.0864 e. The van der Waals surface area contributed by atoms with Crippen LogP contribution in [0.3, 0.4) is 0 Å². The molecule has 1 heterocycles. The van der Waals surface area contributed by atoms with Gasteiger partial charge in [-0.05, 0) is 97.9 Å². The quantitative estimate of drug-likeness (QED) is 0.208. The van der Waals surface area contributed by atoms with Crippen molar-refractivity contribution in [1.29, 1.82) is 0 Å². The van der Waals surface area contributed by atoms with E-state index in [1.165, 1.54) is 33.4 Å². The van der Waals surface area contributed by atoms with Crippen molar-refractivity contribution in [2.45, 2.75) is 132 Å². The summed E-state index contributed by atoms with van der Waals surface area (Å²) in [4.78, 5) is 15.6. The smallest absolute Gasteiger partial charge is 0.0864 e. The summed E-state index contributed by atoms with van der Waals surface area (Å²) in [5.41, 5.74) is 13.8. The van der Waals surface area contributed by atoms with Crippen LogP contribution in [0.25, 0.3) is 0 Å². The molecule has 0 aliphatic rings. The largest absolute Gasteiger partial charge is 1.00 e. The van der Waals surface area contributed by atoms with Crippen molar-refractivity contribution < 1.29 is 55.8 Å². The number of rotatable bonds is 16. The Kier molecular flexibility index (Phi) is 25.2. The molecule has 47 heavy (non-hydrogen) atoms. The van der Waals surface area contributed by atoms with Crippen LogP contribution < -0.4 is 37.2 Å². The second-order valence-electron chi connectivity index (χ2n) is 12.0. The van der Waals surface area contributed by atoms with Gasteiger partial charge in [0.15, 0.2) is 0 Å². The van der Waals surface area contributed by atoms with E-state index >= 15 is 0 Å². The first-order valence-electron chi connectivity index (χ1n) is 16.9. The van der Waals surface area contributed by atoms with E-state index in [0.29, 0.717) is 5.02 Å². The Morgan fingerprint density at radius 2 is 0.787 bits per heavy atom. The van der Waals surface area contributed by atoms with Gasteiger partial charge < -0.3 is 37.2 Å². The molecular weight excluding hydrogens is 703 g/mol. The van der Waals surface area contributed by atoms with E-state index in [0.717, 1.165) is 111 Å². The third-order valence-electron chi connectivity index (χ3n) is 7.90. The molecule has 0 fully saturated rings. The van der Waals surface area contributed by atoms with Gasteiger partial charge in [-0.25, -0.2) is 4.98 Å². The van der Waals surface area contributed by atoms with Gasteiger partial charge in [-0.15, -0.1) is 0 Å². The van der Waals surface area contributed by atoms with Crippen LogP contribution >= 0.6 is 11.6 Å². The van der Waals surface area contributed by atoms with Gasteiger partial charge in [0, 0.05) is 23.6 Å². The van der Waals surface area contributed by atoms with Crippen molar-refractivity contribution in [1.82, 2.24) is 4.98 Å². The van der Waals surface area contributed by atoms with Crippen LogP contribution in [-0.4, -0.2) is 16.4 Å². The number of pyridine rings is 1. The molecule has 0 spiro atoms. The van der Waals surface area contributed by atoms with E-state index in [2.05, 4.69) is 79.7 Å². The summed E-state index contributed by atoms with van der Waals surface area (Å²) in [7, 11) is 0. The molecule has 1 radical (unpaired) electrons. The van der Waals surface area contributed by atoms with Gasteiger partial charge in [0.1, 0.15) is 0 Å². The summed E-state index contributed by atoms with van der Waals surface area (Å²) in [6.45, 7) is 17.6. The summed E-state index contributed by atoms with van der Waals surface area (Å²) < 4.78 is 0. The number of aromatic nitrogens is 1. The van der Waals surface area contributed by atoms with Crippen LogP contribution in [-0.2, 0) is 57.1 Å². The average molecular weight is 758 g/mol. The summed E-state index contributed by atoms with van der Waals surface area (Å²) in [6, 6.07) is 13.4. The molecule has 261 valence electrons. The summed E-state index contributed by atoms with van der Waals surface area (Å²) in [5.74, 6) is 0. The topological polar surface area (TPSA) is 37.6 Å². The second kappa shape index (κ2) is 24.8. The molecule has 0 unspecified atom stereocenters. The Morgan fingerprint density at radius 1 is 0.511 bits per heavy atom. The molecule has 1 aromatic heterocycles. The number of benzene rings is 2. The van der Waals surface area contributed by atoms with Crippen molar-refractivity contribution in [3.63, 3.8) is 0 Å². The van der Waals surface area contributed by atoms with Gasteiger partial charge in [-0.3, -0.25) is 9.98 Å². The minimum atomic E-state index is 0. The maximum absolute atomic E-state index is 6.73. The van der Waals surface area contributed by atoms with Crippen molar-refractivity contribution in [3.05, 3.63) is 86.2 Å². The number of nitrogens with zero attached hydrogens (tertiary/aromatic N) is 3. The van der Waals surface area contributed by atoms with E-state index in [4.69, 9.17) is 26.6 Å². The Morgan fingerprint density at radius 3 is 1.04 bits per heavy atom. The van der Waals surface area contributed by atoms with Gasteiger partial charge in [0.05, 0.1) is 34.2 Å². The number of aliphatic imine (C=N–C) groups is 2. The molecule has 3 rings (SSSR count). The average Bonchev–Trinajstić information content (AvgIpc) is 2.97. The minimum absolute atomic E-state index is 0. The molecule has 0 bridgehead atoms. The molecule has 0 aliphatic carbocycles. The van der Waals surface area contributed by atoms with Gasteiger partial charge in [-0.2, -0.15) is 0 Å². The van der Waals surface area contributed by atoms with E-state index < -0.39 is 0 Å². The Labute approximate surface area is 321 Å². The van der Waals surface area contributed by atoms with Crippen molar-refractivity contribution >= 4 is 34.4 Å². The predicted octanol–water partition coefficient (Wildman–Crippen LogP) is 2.74. The number of halogens is 4. The molecule has 0 atom stereocenters. The third-order valence-corrected chi connectivity index (χ3v) is 8.12. The SMILES string of the molecule is CCCc1cc(CCC)c(N=C(C)c2cc(Cl)cc(C(C)=Nc3c(CCC)cc(CCC)cc3CCC)n2)c(CCC)c1.[Cl-].[Cl-].[Cl-].[V]. The van der Waals surface area contributed by atoms with Crippen LogP contribution in [0.2, 0.25) is 5.02 Å². The molecule has 3 aromatic rings. The maximum atomic E-state index is 6.73. The molecule has 0 amide bonds. The van der Waals surface area contributed by atoms with Crippen LogP contribution in [0.1, 0.15) is 139 Å². The number of aryl methyl sites for hydroxylation is 6. The van der Waals surface area contributed by atoms with Gasteiger partial charge >= 0.3 is 0 Å². The van der Waals surface area contributed by atoms with Crippen molar-refractivity contribution in [2.24, 2.45) is 9.98 Å². The van der Waals surface area contributed by atoms with Crippen molar-refractivity contribution in [2.75, 3.05) is 0 Å². The zero-order chi connectivity index (χ0) is 31.4. The Bertz CT molecular complexity index is 1280. The zero-order valence-electron chi connectivity index (χ0n) is 29.8. The molecular formula is C39H54Cl4N3V-3. The molecule has 0 aliphatic heterocycles. The van der Waals surface area contributed by atoms with Crippen molar-refractivity contribution in [3.8, 4) is 0 Å². The van der Waals surface area contributed by atoms with Gasteiger partial charge in [-0.1, -0.05) is 116 Å². The second-order valence-corrected chi connectivity index (χ2v) is 12.4. The summed E-state index contributed by atoms with van der Waals surface area (Å²) in [5, 5.41) is 0.658. The zero-order valence-corrected chi connectivity index (χ0v) is 34.2. The first kappa shape index (κ1) is 47.8. The molecule has 8 heteroatoms. The summed E-state index contributed by atoms with van der Waals surface area (Å²) in [6.07, 6.45) is 13.0. The fraction of sp³-hybridized carbons (Fsp3) is 0.513. The normalized spacial score (nSPS) is 11.3. The van der Waals surface area contributed by atoms with E-state index in [9.17, 15) is 0 Å². The van der Waals surface area contributed by atoms with Crippen LogP contribution in [0, 0.1) is 0 Å². The van der Waals surface area contributed by atoms with E-state index in [1.54, 1.807) is 0 Å². The molecule has 0 saturated carbocycles. The van der Waals surface area contributed by atoms with Crippen LogP contribution in [0.15, 0.2) is 46.4 Å². The first-order chi connectivity index (χ1) is 20.8. The monoisotopic (exact) mass is 755 g/mol. The Hall–Kier alpha value is -1.33. The summed E-state index contributed by atoms with van der Waals surface area (Å²) >= 11 is 6.73. The fourth-order valence-corrected chi connectivity index (χ4v) is 6.18. The molecule has 0 saturated heterocycles. The fourth-order valence-electron chi connectivity index (χ4n) is 5.98. The molecule has 2 aromatic carbocycles.